The SMILES string of the molecule is NC(=O)CC(NC(=O)C(N)CC(=O)O)C(=O)NC(CCCN=C(N)N)C(=O)NC(CC(=O)O)C(=O)O. The molecule has 0 aliphatic rings. The van der Waals surface area contributed by atoms with Crippen LogP contribution in [0.3, 0.4) is 0 Å². The van der Waals surface area contributed by atoms with Crippen LogP contribution in [0.25, 0.3) is 0 Å². The fraction of sp³-hybridized carbons (Fsp3) is 0.556. The summed E-state index contributed by atoms with van der Waals surface area (Å²) in [5, 5.41) is 33.0. The lowest BCUT2D eigenvalue weighted by atomic mass is 10.1. The first kappa shape index (κ1) is 31.5. The number of aliphatic carboxylic acids is 3. The number of carbonyl (C=O) groups is 7. The lowest BCUT2D eigenvalue weighted by molar-refractivity contribution is -0.147. The largest absolute Gasteiger partial charge is 0.481 e. The van der Waals surface area contributed by atoms with Crippen molar-refractivity contribution in [2.45, 2.75) is 56.3 Å². The van der Waals surface area contributed by atoms with Crippen LogP contribution in [0.1, 0.15) is 32.1 Å². The number of carboxylic acid groups (broad SMARTS) is 3. The summed E-state index contributed by atoms with van der Waals surface area (Å²) in [6.07, 6.45) is -2.59. The Bertz CT molecular complexity index is 889. The molecular formula is C18H30N8O10. The first-order valence-electron chi connectivity index (χ1n) is 10.3. The highest BCUT2D eigenvalue weighted by molar-refractivity contribution is 5.97. The predicted molar refractivity (Wildman–Crippen MR) is 120 cm³/mol. The van der Waals surface area contributed by atoms with E-state index in [0.717, 1.165) is 0 Å². The zero-order valence-corrected chi connectivity index (χ0v) is 19.0. The molecule has 202 valence electrons. The fourth-order valence-electron chi connectivity index (χ4n) is 2.66. The van der Waals surface area contributed by atoms with Crippen molar-refractivity contribution in [3.8, 4) is 0 Å². The third-order valence-electron chi connectivity index (χ3n) is 4.34. The average molecular weight is 518 g/mol. The lowest BCUT2D eigenvalue weighted by Gasteiger charge is -2.24. The Kier molecular flexibility index (Phi) is 13.5. The number of amides is 4. The molecule has 0 saturated heterocycles. The van der Waals surface area contributed by atoms with Crippen LogP contribution in [0.4, 0.5) is 0 Å². The number of guanidine groups is 1. The molecule has 0 fully saturated rings. The lowest BCUT2D eigenvalue weighted by Crippen LogP contribution is -2.58. The Labute approximate surface area is 203 Å². The van der Waals surface area contributed by atoms with Crippen LogP contribution in [-0.4, -0.2) is 93.5 Å². The minimum Gasteiger partial charge on any atom is -0.481 e. The number of carbonyl (C=O) groups excluding carboxylic acids is 4. The molecule has 4 unspecified atom stereocenters. The molecule has 0 aliphatic carbocycles. The summed E-state index contributed by atoms with van der Waals surface area (Å²) >= 11 is 0. The van der Waals surface area contributed by atoms with Gasteiger partial charge >= 0.3 is 17.9 Å². The van der Waals surface area contributed by atoms with E-state index in [9.17, 15) is 33.6 Å². The summed E-state index contributed by atoms with van der Waals surface area (Å²) in [7, 11) is 0. The van der Waals surface area contributed by atoms with Gasteiger partial charge in [0, 0.05) is 6.54 Å². The van der Waals surface area contributed by atoms with E-state index in [4.69, 9.17) is 38.3 Å². The summed E-state index contributed by atoms with van der Waals surface area (Å²) in [4.78, 5) is 85.5. The molecule has 14 N–H and O–H groups in total. The van der Waals surface area contributed by atoms with Crippen molar-refractivity contribution in [1.82, 2.24) is 16.0 Å². The summed E-state index contributed by atoms with van der Waals surface area (Å²) in [5.41, 5.74) is 20.9. The van der Waals surface area contributed by atoms with Crippen LogP contribution in [-0.2, 0) is 33.6 Å². The third kappa shape index (κ3) is 13.3. The van der Waals surface area contributed by atoms with Gasteiger partial charge in [-0.25, -0.2) is 4.79 Å². The molecule has 0 bridgehead atoms. The Morgan fingerprint density at radius 3 is 1.67 bits per heavy atom. The second-order valence-corrected chi connectivity index (χ2v) is 7.44. The standard InChI is InChI=1S/C18H30N8O10/c19-7(4-12(28)29)14(32)25-9(5-11(20)27)16(34)24-8(2-1-3-23-18(21)22)15(33)26-10(17(35)36)6-13(30)31/h7-10H,1-6,19H2,(H2,20,27)(H,24,34)(H,25,32)(H,26,33)(H,28,29)(H,30,31)(H,35,36)(H4,21,22,23). The second-order valence-electron chi connectivity index (χ2n) is 7.44. The van der Waals surface area contributed by atoms with Gasteiger partial charge in [0.2, 0.25) is 23.6 Å². The Morgan fingerprint density at radius 1 is 0.694 bits per heavy atom. The molecule has 0 saturated carbocycles. The van der Waals surface area contributed by atoms with Gasteiger partial charge in [0.05, 0.1) is 25.3 Å². The van der Waals surface area contributed by atoms with Gasteiger partial charge in [0.15, 0.2) is 5.96 Å². The number of nitrogens with two attached hydrogens (primary N) is 4. The van der Waals surface area contributed by atoms with E-state index in [-0.39, 0.29) is 25.3 Å². The number of rotatable bonds is 17. The minimum absolute atomic E-state index is 0.00492. The van der Waals surface area contributed by atoms with Crippen molar-refractivity contribution in [2.75, 3.05) is 6.54 Å². The maximum absolute atomic E-state index is 12.8. The zero-order valence-electron chi connectivity index (χ0n) is 19.0. The van der Waals surface area contributed by atoms with Crippen LogP contribution in [0, 0.1) is 0 Å². The molecule has 36 heavy (non-hydrogen) atoms. The normalized spacial score (nSPS) is 13.7. The molecule has 0 aromatic heterocycles. The van der Waals surface area contributed by atoms with Gasteiger partial charge in [-0.2, -0.15) is 0 Å². The average Bonchev–Trinajstić information content (AvgIpc) is 2.73. The van der Waals surface area contributed by atoms with Crippen molar-refractivity contribution in [3.05, 3.63) is 0 Å². The van der Waals surface area contributed by atoms with Crippen LogP contribution >= 0.6 is 0 Å². The van der Waals surface area contributed by atoms with E-state index in [1.807, 2.05) is 5.32 Å². The maximum atomic E-state index is 12.8. The molecular weight excluding hydrogens is 488 g/mol. The maximum Gasteiger partial charge on any atom is 0.326 e. The number of nitrogens with zero attached hydrogens (tertiary/aromatic N) is 1. The van der Waals surface area contributed by atoms with E-state index in [0.29, 0.717) is 0 Å². The third-order valence-corrected chi connectivity index (χ3v) is 4.34. The molecule has 0 rings (SSSR count). The first-order valence-corrected chi connectivity index (χ1v) is 10.3. The van der Waals surface area contributed by atoms with Gasteiger partial charge in [-0.05, 0) is 12.8 Å². The zero-order chi connectivity index (χ0) is 28.0. The first-order chi connectivity index (χ1) is 16.6. The number of hydrogen-bond acceptors (Lipinski definition) is 9. The van der Waals surface area contributed by atoms with Gasteiger partial charge < -0.3 is 54.2 Å². The van der Waals surface area contributed by atoms with E-state index in [2.05, 4.69) is 15.6 Å². The Morgan fingerprint density at radius 2 is 1.19 bits per heavy atom. The van der Waals surface area contributed by atoms with Crippen LogP contribution < -0.4 is 38.9 Å². The van der Waals surface area contributed by atoms with Gasteiger partial charge in [-0.15, -0.1) is 0 Å². The van der Waals surface area contributed by atoms with Gasteiger partial charge in [0.1, 0.15) is 18.1 Å². The summed E-state index contributed by atoms with van der Waals surface area (Å²) < 4.78 is 0. The van der Waals surface area contributed by atoms with Gasteiger partial charge in [-0.1, -0.05) is 0 Å². The number of nitrogens with one attached hydrogen (secondary N) is 3. The van der Waals surface area contributed by atoms with Crippen LogP contribution in [0.5, 0.6) is 0 Å². The monoisotopic (exact) mass is 518 g/mol. The number of aliphatic imine (C=N–C) groups is 1. The van der Waals surface area contributed by atoms with E-state index >= 15 is 0 Å². The van der Waals surface area contributed by atoms with Gasteiger partial charge in [0.25, 0.3) is 0 Å². The summed E-state index contributed by atoms with van der Waals surface area (Å²) in [6.45, 7) is 0.00492. The quantitative estimate of drug-likeness (QED) is 0.0489. The van der Waals surface area contributed by atoms with Gasteiger partial charge in [-0.3, -0.25) is 33.8 Å². The molecule has 0 aliphatic heterocycles. The molecule has 0 heterocycles. The second kappa shape index (κ2) is 15.4. The summed E-state index contributed by atoms with van der Waals surface area (Å²) in [6, 6.07) is -6.56. The molecule has 4 atom stereocenters. The molecule has 0 radical (unpaired) electrons. The van der Waals surface area contributed by atoms with Crippen LogP contribution in [0.2, 0.25) is 0 Å². The Balaban J connectivity index is 5.69. The highest BCUT2D eigenvalue weighted by Crippen LogP contribution is 2.04. The number of carboxylic acids is 3. The molecule has 18 nitrogen and oxygen atoms in total. The molecule has 0 aromatic rings. The van der Waals surface area contributed by atoms with Crippen molar-refractivity contribution >= 4 is 47.5 Å². The van der Waals surface area contributed by atoms with Crippen molar-refractivity contribution in [1.29, 1.82) is 0 Å². The highest BCUT2D eigenvalue weighted by Gasteiger charge is 2.32. The van der Waals surface area contributed by atoms with E-state index in [1.165, 1.54) is 0 Å². The van der Waals surface area contributed by atoms with E-state index < -0.39 is 85.0 Å². The van der Waals surface area contributed by atoms with E-state index in [1.54, 1.807) is 0 Å². The van der Waals surface area contributed by atoms with Crippen molar-refractivity contribution < 1.29 is 48.9 Å². The minimum atomic E-state index is -1.83. The Hall–Kier alpha value is -4.48. The van der Waals surface area contributed by atoms with Crippen LogP contribution in [0.15, 0.2) is 4.99 Å². The molecule has 18 heteroatoms. The highest BCUT2D eigenvalue weighted by atomic mass is 16.4. The number of primary amides is 1. The topological polar surface area (TPSA) is 333 Å². The number of hydrogen-bond donors (Lipinski definition) is 10. The fourth-order valence-corrected chi connectivity index (χ4v) is 2.66. The smallest absolute Gasteiger partial charge is 0.326 e. The summed E-state index contributed by atoms with van der Waals surface area (Å²) in [5.74, 6) is -9.16. The molecule has 4 amide bonds. The molecule has 0 spiro atoms. The van der Waals surface area contributed by atoms with Crippen molar-refractivity contribution in [2.24, 2.45) is 27.9 Å². The predicted octanol–water partition coefficient (Wildman–Crippen LogP) is -5.27. The van der Waals surface area contributed by atoms with Crippen molar-refractivity contribution in [3.63, 3.8) is 0 Å². The molecule has 0 aromatic carbocycles.